The fourth-order valence-electron chi connectivity index (χ4n) is 1.48. The summed E-state index contributed by atoms with van der Waals surface area (Å²) >= 11 is 0. The van der Waals surface area contributed by atoms with Gasteiger partial charge in [-0.3, -0.25) is 0 Å². The second-order valence-corrected chi connectivity index (χ2v) is 3.32. The van der Waals surface area contributed by atoms with Crippen LogP contribution in [-0.4, -0.2) is 16.6 Å². The highest BCUT2D eigenvalue weighted by Gasteiger charge is 2.08. The van der Waals surface area contributed by atoms with Crippen molar-refractivity contribution in [1.29, 1.82) is 0 Å². The molecular formula is C7H16OSi. The molecule has 0 N–H and O–H groups in total. The van der Waals surface area contributed by atoms with E-state index in [4.69, 9.17) is 4.43 Å². The van der Waals surface area contributed by atoms with Gasteiger partial charge in [-0.05, 0) is 12.8 Å². The minimum Gasteiger partial charge on any atom is -0.425 e. The van der Waals surface area contributed by atoms with Crippen LogP contribution in [-0.2, 0) is 4.43 Å². The molecule has 0 atom stereocenters. The zero-order chi connectivity index (χ0) is 6.53. The molecule has 0 heterocycles. The van der Waals surface area contributed by atoms with Gasteiger partial charge in [-0.25, -0.2) is 0 Å². The quantitative estimate of drug-likeness (QED) is 0.394. The molecule has 0 aromatic heterocycles. The van der Waals surface area contributed by atoms with Gasteiger partial charge in [-0.1, -0.05) is 25.7 Å². The van der Waals surface area contributed by atoms with E-state index in [2.05, 4.69) is 0 Å². The van der Waals surface area contributed by atoms with Crippen molar-refractivity contribution in [3.8, 4) is 0 Å². The minimum absolute atomic E-state index is 0.638. The van der Waals surface area contributed by atoms with Crippen molar-refractivity contribution in [2.24, 2.45) is 0 Å². The highest BCUT2D eigenvalue weighted by Crippen LogP contribution is 2.18. The Morgan fingerprint density at radius 1 is 1.00 bits per heavy atom. The van der Waals surface area contributed by atoms with Gasteiger partial charge in [0.1, 0.15) is 10.5 Å². The van der Waals surface area contributed by atoms with Gasteiger partial charge in [0.15, 0.2) is 0 Å². The molecule has 9 heavy (non-hydrogen) atoms. The lowest BCUT2D eigenvalue weighted by molar-refractivity contribution is 0.202. The van der Waals surface area contributed by atoms with Crippen LogP contribution in [0, 0.1) is 0 Å². The van der Waals surface area contributed by atoms with Crippen LogP contribution in [0.1, 0.15) is 38.5 Å². The molecule has 0 radical (unpaired) electrons. The van der Waals surface area contributed by atoms with Crippen molar-refractivity contribution >= 4 is 10.5 Å². The van der Waals surface area contributed by atoms with E-state index < -0.39 is 0 Å². The number of rotatable bonds is 1. The maximum Gasteiger partial charge on any atom is 0.146 e. The molecular weight excluding hydrogens is 128 g/mol. The first-order chi connectivity index (χ1) is 4.43. The molecule has 1 nitrogen and oxygen atoms in total. The summed E-state index contributed by atoms with van der Waals surface area (Å²) in [5, 5.41) is 0. The fraction of sp³-hybridized carbons (Fsp3) is 1.00. The van der Waals surface area contributed by atoms with Gasteiger partial charge in [-0.2, -0.15) is 0 Å². The summed E-state index contributed by atoms with van der Waals surface area (Å²) in [7, 11) is 0.928. The van der Waals surface area contributed by atoms with E-state index in [1.807, 2.05) is 0 Å². The predicted molar refractivity (Wildman–Crippen MR) is 42.5 cm³/mol. The van der Waals surface area contributed by atoms with E-state index in [0.717, 1.165) is 10.5 Å². The number of hydrogen-bond donors (Lipinski definition) is 0. The largest absolute Gasteiger partial charge is 0.425 e. The standard InChI is InChI=1S/C7H16OSi/c9-8-7-5-3-1-2-4-6-7/h7H,1-6H2,9H3. The van der Waals surface area contributed by atoms with Crippen molar-refractivity contribution in [1.82, 2.24) is 0 Å². The molecule has 0 saturated heterocycles. The Morgan fingerprint density at radius 2 is 1.56 bits per heavy atom. The second-order valence-electron chi connectivity index (χ2n) is 2.85. The van der Waals surface area contributed by atoms with E-state index in [1.165, 1.54) is 38.5 Å². The van der Waals surface area contributed by atoms with Crippen LogP contribution in [0.4, 0.5) is 0 Å². The molecule has 1 saturated carbocycles. The molecule has 0 aromatic rings. The lowest BCUT2D eigenvalue weighted by atomic mass is 10.2. The highest BCUT2D eigenvalue weighted by molar-refractivity contribution is 5.98. The first kappa shape index (κ1) is 7.29. The lowest BCUT2D eigenvalue weighted by Gasteiger charge is -2.10. The van der Waals surface area contributed by atoms with Crippen molar-refractivity contribution in [2.75, 3.05) is 0 Å². The smallest absolute Gasteiger partial charge is 0.146 e. The Labute approximate surface area is 60.3 Å². The van der Waals surface area contributed by atoms with Crippen LogP contribution in [0.25, 0.3) is 0 Å². The molecule has 54 valence electrons. The summed E-state index contributed by atoms with van der Waals surface area (Å²) in [5.41, 5.74) is 0. The molecule has 0 aromatic carbocycles. The highest BCUT2D eigenvalue weighted by atomic mass is 28.2. The molecule has 0 aliphatic heterocycles. The van der Waals surface area contributed by atoms with Gasteiger partial charge in [0, 0.05) is 6.10 Å². The zero-order valence-electron chi connectivity index (χ0n) is 6.23. The third kappa shape index (κ3) is 2.50. The van der Waals surface area contributed by atoms with Crippen molar-refractivity contribution < 1.29 is 4.43 Å². The van der Waals surface area contributed by atoms with E-state index in [-0.39, 0.29) is 0 Å². The van der Waals surface area contributed by atoms with Crippen LogP contribution in [0.15, 0.2) is 0 Å². The monoisotopic (exact) mass is 144 g/mol. The molecule has 1 rings (SSSR count). The molecule has 0 spiro atoms. The van der Waals surface area contributed by atoms with Crippen LogP contribution in [0.5, 0.6) is 0 Å². The molecule has 1 aliphatic rings. The molecule has 1 fully saturated rings. The summed E-state index contributed by atoms with van der Waals surface area (Å²) in [6.45, 7) is 0. The minimum atomic E-state index is 0.638. The summed E-state index contributed by atoms with van der Waals surface area (Å²) in [6.07, 6.45) is 8.94. The molecule has 0 bridgehead atoms. The Hall–Kier alpha value is 0.177. The Balaban J connectivity index is 2.18. The van der Waals surface area contributed by atoms with Crippen LogP contribution < -0.4 is 0 Å². The van der Waals surface area contributed by atoms with Crippen molar-refractivity contribution in [3.63, 3.8) is 0 Å². The van der Waals surface area contributed by atoms with E-state index in [0.29, 0.717) is 6.10 Å². The van der Waals surface area contributed by atoms with Gasteiger partial charge in [-0.15, -0.1) is 0 Å². The summed E-state index contributed by atoms with van der Waals surface area (Å²) in [5.74, 6) is 0. The van der Waals surface area contributed by atoms with Crippen LogP contribution in [0.2, 0.25) is 0 Å². The summed E-state index contributed by atoms with van der Waals surface area (Å²) in [6, 6.07) is 0. The van der Waals surface area contributed by atoms with Gasteiger partial charge in [0.25, 0.3) is 0 Å². The van der Waals surface area contributed by atoms with Crippen LogP contribution in [0.3, 0.4) is 0 Å². The van der Waals surface area contributed by atoms with Gasteiger partial charge < -0.3 is 4.43 Å². The maximum absolute atomic E-state index is 5.41. The van der Waals surface area contributed by atoms with Gasteiger partial charge in [0.05, 0.1) is 0 Å². The SMILES string of the molecule is [SiH3]OC1CCCCCC1. The third-order valence-electron chi connectivity index (χ3n) is 2.14. The number of hydrogen-bond acceptors (Lipinski definition) is 1. The molecule has 0 unspecified atom stereocenters. The lowest BCUT2D eigenvalue weighted by Crippen LogP contribution is -2.08. The Bertz CT molecular complexity index is 67.3. The van der Waals surface area contributed by atoms with E-state index >= 15 is 0 Å². The third-order valence-corrected chi connectivity index (χ3v) is 2.80. The Morgan fingerprint density at radius 3 is 2.00 bits per heavy atom. The van der Waals surface area contributed by atoms with E-state index in [9.17, 15) is 0 Å². The van der Waals surface area contributed by atoms with E-state index in [1.54, 1.807) is 0 Å². The molecule has 2 heteroatoms. The Kier molecular flexibility index (Phi) is 3.29. The average molecular weight is 144 g/mol. The normalized spacial score (nSPS) is 24.0. The van der Waals surface area contributed by atoms with Gasteiger partial charge in [0.2, 0.25) is 0 Å². The average Bonchev–Trinajstić information content (AvgIpc) is 2.13. The predicted octanol–water partition coefficient (Wildman–Crippen LogP) is 1.01. The zero-order valence-corrected chi connectivity index (χ0v) is 8.23. The second kappa shape index (κ2) is 4.07. The maximum atomic E-state index is 5.41. The van der Waals surface area contributed by atoms with Crippen molar-refractivity contribution in [2.45, 2.75) is 44.6 Å². The van der Waals surface area contributed by atoms with Gasteiger partial charge >= 0.3 is 0 Å². The van der Waals surface area contributed by atoms with Crippen LogP contribution >= 0.6 is 0 Å². The summed E-state index contributed by atoms with van der Waals surface area (Å²) in [4.78, 5) is 0. The fourth-order valence-corrected chi connectivity index (χ4v) is 1.95. The molecule has 1 aliphatic carbocycles. The first-order valence-electron chi connectivity index (χ1n) is 3.96. The first-order valence-corrected chi connectivity index (χ1v) is 4.78. The topological polar surface area (TPSA) is 9.23 Å². The summed E-state index contributed by atoms with van der Waals surface area (Å²) < 4.78 is 5.41. The van der Waals surface area contributed by atoms with Crippen molar-refractivity contribution in [3.05, 3.63) is 0 Å². The molecule has 0 amide bonds.